The van der Waals surface area contributed by atoms with Crippen LogP contribution >= 0.6 is 0 Å². The van der Waals surface area contributed by atoms with Crippen LogP contribution in [0.2, 0.25) is 0 Å². The van der Waals surface area contributed by atoms with Crippen LogP contribution in [-0.2, 0) is 0 Å². The van der Waals surface area contributed by atoms with Gasteiger partial charge in [-0.05, 0) is 49.3 Å². The zero-order valence-electron chi connectivity index (χ0n) is 14.4. The van der Waals surface area contributed by atoms with Crippen LogP contribution in [0.15, 0.2) is 39.5 Å². The van der Waals surface area contributed by atoms with Crippen LogP contribution in [0.1, 0.15) is 61.3 Å². The van der Waals surface area contributed by atoms with Crippen molar-refractivity contribution in [2.75, 3.05) is 12.3 Å². The van der Waals surface area contributed by atoms with Gasteiger partial charge < -0.3 is 20.4 Å². The monoisotopic (exact) mass is 343 g/mol. The molecule has 134 valence electrons. The van der Waals surface area contributed by atoms with E-state index in [9.17, 15) is 15.0 Å². The summed E-state index contributed by atoms with van der Waals surface area (Å²) in [4.78, 5) is 12.7. The van der Waals surface area contributed by atoms with Crippen LogP contribution in [0.5, 0.6) is 5.75 Å². The number of nitrogen functional groups attached to an aromatic ring is 1. The van der Waals surface area contributed by atoms with Crippen LogP contribution in [0.25, 0.3) is 0 Å². The van der Waals surface area contributed by atoms with Gasteiger partial charge >= 0.3 is 5.63 Å². The smallest absolute Gasteiger partial charge is 0.343 e. The number of nitrogens with two attached hydrogens (primary N) is 1. The van der Waals surface area contributed by atoms with E-state index in [2.05, 4.69) is 0 Å². The molecule has 0 saturated heterocycles. The van der Waals surface area contributed by atoms with E-state index in [-0.39, 0.29) is 24.2 Å². The van der Waals surface area contributed by atoms with Crippen molar-refractivity contribution in [1.29, 1.82) is 0 Å². The maximum atomic E-state index is 12.7. The highest BCUT2D eigenvalue weighted by atomic mass is 16.4. The molecular weight excluding hydrogens is 318 g/mol. The second kappa shape index (κ2) is 7.31. The molecule has 1 heterocycles. The maximum absolute atomic E-state index is 12.7. The Kier molecular flexibility index (Phi) is 5.13. The fraction of sp³-hybridized carbons (Fsp3) is 0.450. The predicted molar refractivity (Wildman–Crippen MR) is 96.8 cm³/mol. The van der Waals surface area contributed by atoms with Gasteiger partial charge in [-0.15, -0.1) is 0 Å². The summed E-state index contributed by atoms with van der Waals surface area (Å²) in [6.07, 6.45) is 3.26. The molecule has 1 saturated carbocycles. The maximum Gasteiger partial charge on any atom is 0.343 e. The molecule has 1 aromatic carbocycles. The quantitative estimate of drug-likeness (QED) is 0.670. The van der Waals surface area contributed by atoms with Gasteiger partial charge in [-0.1, -0.05) is 19.1 Å². The fourth-order valence-corrected chi connectivity index (χ4v) is 3.56. The first-order valence-electron chi connectivity index (χ1n) is 8.88. The summed E-state index contributed by atoms with van der Waals surface area (Å²) < 4.78 is 5.55. The summed E-state index contributed by atoms with van der Waals surface area (Å²) in [6.45, 7) is 1.98. The van der Waals surface area contributed by atoms with Gasteiger partial charge in [0.05, 0.1) is 5.56 Å². The van der Waals surface area contributed by atoms with E-state index in [0.29, 0.717) is 29.3 Å². The van der Waals surface area contributed by atoms with Crippen molar-refractivity contribution in [1.82, 2.24) is 0 Å². The van der Waals surface area contributed by atoms with Gasteiger partial charge in [0.2, 0.25) is 0 Å². The molecule has 0 aliphatic heterocycles. The van der Waals surface area contributed by atoms with Crippen molar-refractivity contribution in [3.8, 4) is 5.75 Å². The second-order valence-corrected chi connectivity index (χ2v) is 6.84. The Hall–Kier alpha value is -2.27. The summed E-state index contributed by atoms with van der Waals surface area (Å²) in [5.41, 5.74) is 7.29. The van der Waals surface area contributed by atoms with E-state index in [1.807, 2.05) is 25.1 Å². The summed E-state index contributed by atoms with van der Waals surface area (Å²) in [5, 5.41) is 19.8. The van der Waals surface area contributed by atoms with Crippen molar-refractivity contribution in [2.24, 2.45) is 5.92 Å². The molecule has 0 bridgehead atoms. The molecule has 1 aliphatic carbocycles. The van der Waals surface area contributed by atoms with Crippen molar-refractivity contribution in [3.63, 3.8) is 0 Å². The van der Waals surface area contributed by atoms with Crippen LogP contribution in [0.4, 0.5) is 5.69 Å². The average molecular weight is 343 g/mol. The molecule has 2 aromatic rings. The average Bonchev–Trinajstić information content (AvgIpc) is 3.40. The van der Waals surface area contributed by atoms with Crippen LogP contribution in [0, 0.1) is 5.92 Å². The first-order valence-corrected chi connectivity index (χ1v) is 8.88. The fourth-order valence-electron chi connectivity index (χ4n) is 3.56. The van der Waals surface area contributed by atoms with E-state index in [0.717, 1.165) is 24.8 Å². The Bertz CT molecular complexity index is 795. The Morgan fingerprint density at radius 1 is 1.32 bits per heavy atom. The molecule has 4 N–H and O–H groups in total. The zero-order valence-corrected chi connectivity index (χ0v) is 14.4. The lowest BCUT2D eigenvalue weighted by Crippen LogP contribution is -2.17. The SMILES string of the molecule is CCC(CCO)c1cc(O)c(C(c2cccc(N)c2)C2CC2)c(=O)o1. The molecule has 1 fully saturated rings. The summed E-state index contributed by atoms with van der Waals surface area (Å²) in [7, 11) is 0. The summed E-state index contributed by atoms with van der Waals surface area (Å²) in [6, 6.07) is 9.01. The molecule has 3 rings (SSSR count). The third-order valence-corrected chi connectivity index (χ3v) is 5.03. The Morgan fingerprint density at radius 3 is 2.64 bits per heavy atom. The van der Waals surface area contributed by atoms with Gasteiger partial charge in [0.1, 0.15) is 11.5 Å². The zero-order chi connectivity index (χ0) is 18.0. The Morgan fingerprint density at radius 2 is 2.08 bits per heavy atom. The molecule has 0 amide bonds. The van der Waals surface area contributed by atoms with Gasteiger partial charge in [0, 0.05) is 30.2 Å². The van der Waals surface area contributed by atoms with E-state index >= 15 is 0 Å². The number of anilines is 1. The molecule has 0 radical (unpaired) electrons. The van der Waals surface area contributed by atoms with Gasteiger partial charge in [-0.2, -0.15) is 0 Å². The number of aliphatic hydroxyl groups is 1. The lowest BCUT2D eigenvalue weighted by molar-refractivity contribution is 0.261. The topological polar surface area (TPSA) is 96.7 Å². The lowest BCUT2D eigenvalue weighted by atomic mass is 9.87. The minimum absolute atomic E-state index is 0.0126. The van der Waals surface area contributed by atoms with Gasteiger partial charge in [-0.3, -0.25) is 0 Å². The van der Waals surface area contributed by atoms with E-state index in [1.54, 1.807) is 12.1 Å². The number of aromatic hydroxyl groups is 1. The number of aliphatic hydroxyl groups excluding tert-OH is 1. The molecule has 5 nitrogen and oxygen atoms in total. The molecule has 2 atom stereocenters. The van der Waals surface area contributed by atoms with Gasteiger partial charge in [0.15, 0.2) is 0 Å². The summed E-state index contributed by atoms with van der Waals surface area (Å²) >= 11 is 0. The molecular formula is C20H25NO4. The highest BCUT2D eigenvalue weighted by Crippen LogP contribution is 2.48. The van der Waals surface area contributed by atoms with Crippen molar-refractivity contribution in [3.05, 3.63) is 57.6 Å². The van der Waals surface area contributed by atoms with E-state index < -0.39 is 5.63 Å². The second-order valence-electron chi connectivity index (χ2n) is 6.84. The first kappa shape index (κ1) is 17.5. The van der Waals surface area contributed by atoms with E-state index in [4.69, 9.17) is 10.2 Å². The third kappa shape index (κ3) is 3.71. The standard InChI is InChI=1S/C20H25NO4/c1-2-12(8-9-22)17-11-16(23)19(20(24)25-17)18(13-6-7-13)14-4-3-5-15(21)10-14/h3-5,10-13,18,22-23H,2,6-9,21H2,1H3. The first-order chi connectivity index (χ1) is 12.0. The minimum Gasteiger partial charge on any atom is -0.507 e. The van der Waals surface area contributed by atoms with Crippen molar-refractivity contribution >= 4 is 5.69 Å². The third-order valence-electron chi connectivity index (χ3n) is 5.03. The van der Waals surface area contributed by atoms with Crippen molar-refractivity contribution < 1.29 is 14.6 Å². The molecule has 5 heteroatoms. The molecule has 1 aromatic heterocycles. The Labute approximate surface area is 147 Å². The highest BCUT2D eigenvalue weighted by Gasteiger charge is 2.37. The van der Waals surface area contributed by atoms with Crippen LogP contribution in [0.3, 0.4) is 0 Å². The normalized spacial score (nSPS) is 16.6. The van der Waals surface area contributed by atoms with Crippen LogP contribution in [-0.4, -0.2) is 16.8 Å². The number of hydrogen-bond donors (Lipinski definition) is 3. The van der Waals surface area contributed by atoms with Crippen molar-refractivity contribution in [2.45, 2.75) is 44.4 Å². The lowest BCUT2D eigenvalue weighted by Gasteiger charge is -2.19. The number of hydrogen-bond acceptors (Lipinski definition) is 5. The number of benzene rings is 1. The largest absolute Gasteiger partial charge is 0.507 e. The molecule has 0 spiro atoms. The van der Waals surface area contributed by atoms with Crippen LogP contribution < -0.4 is 11.4 Å². The van der Waals surface area contributed by atoms with E-state index in [1.165, 1.54) is 0 Å². The highest BCUT2D eigenvalue weighted by molar-refractivity contribution is 5.47. The van der Waals surface area contributed by atoms with Gasteiger partial charge in [-0.25, -0.2) is 4.79 Å². The molecule has 2 unspecified atom stereocenters. The Balaban J connectivity index is 2.04. The molecule has 1 aliphatic rings. The number of rotatable bonds is 7. The van der Waals surface area contributed by atoms with Gasteiger partial charge in [0.25, 0.3) is 0 Å². The minimum atomic E-state index is -0.495. The predicted octanol–water partition coefficient (Wildman–Crippen LogP) is 3.35. The summed E-state index contributed by atoms with van der Waals surface area (Å²) in [5.74, 6) is 0.448. The molecule has 25 heavy (non-hydrogen) atoms.